The van der Waals surface area contributed by atoms with Gasteiger partial charge in [-0.3, -0.25) is 0 Å². The standard InChI is InChI=1S/C12H18N2O4S2/c13-9-11(19-7-5-17-3-1-15)12(10-14)20-8-6-18-4-2-16/h15-16H,1-8H2/b12-11-. The first-order valence-electron chi connectivity index (χ1n) is 5.97. The minimum Gasteiger partial charge on any atom is -0.394 e. The van der Waals surface area contributed by atoms with Gasteiger partial charge < -0.3 is 19.7 Å². The molecule has 0 atom stereocenters. The lowest BCUT2D eigenvalue weighted by Crippen LogP contribution is -2.03. The molecule has 20 heavy (non-hydrogen) atoms. The Labute approximate surface area is 127 Å². The van der Waals surface area contributed by atoms with E-state index in [1.807, 2.05) is 12.1 Å². The van der Waals surface area contributed by atoms with E-state index < -0.39 is 0 Å². The van der Waals surface area contributed by atoms with Crippen LogP contribution in [-0.4, -0.2) is 61.4 Å². The summed E-state index contributed by atoms with van der Waals surface area (Å²) in [5, 5.41) is 35.1. The van der Waals surface area contributed by atoms with E-state index >= 15 is 0 Å². The number of nitriles is 2. The summed E-state index contributed by atoms with van der Waals surface area (Å²) >= 11 is 2.52. The van der Waals surface area contributed by atoms with Gasteiger partial charge in [0.2, 0.25) is 0 Å². The predicted octanol–water partition coefficient (Wildman–Crippen LogP) is 0.729. The maximum Gasteiger partial charge on any atom is 0.109 e. The Hall–Kier alpha value is -0.740. The van der Waals surface area contributed by atoms with E-state index in [-0.39, 0.29) is 26.4 Å². The first-order valence-corrected chi connectivity index (χ1v) is 7.94. The maximum absolute atomic E-state index is 9.03. The molecule has 0 unspecified atom stereocenters. The average Bonchev–Trinajstić information content (AvgIpc) is 2.48. The molecule has 8 heteroatoms. The number of hydrogen-bond donors (Lipinski definition) is 2. The number of nitrogens with zero attached hydrogens (tertiary/aromatic N) is 2. The summed E-state index contributed by atoms with van der Waals surface area (Å²) < 4.78 is 10.2. The quantitative estimate of drug-likeness (QED) is 0.400. The predicted molar refractivity (Wildman–Crippen MR) is 79.0 cm³/mol. The molecule has 0 aliphatic carbocycles. The molecule has 0 rings (SSSR count). The fourth-order valence-electron chi connectivity index (χ4n) is 1.04. The maximum atomic E-state index is 9.03. The number of ether oxygens (including phenoxy) is 2. The van der Waals surface area contributed by atoms with Crippen LogP contribution in [0.5, 0.6) is 0 Å². The lowest BCUT2D eigenvalue weighted by molar-refractivity contribution is 0.103. The van der Waals surface area contributed by atoms with Gasteiger partial charge in [0.1, 0.15) is 21.9 Å². The highest BCUT2D eigenvalue weighted by Gasteiger charge is 2.08. The Morgan fingerprint density at radius 3 is 1.50 bits per heavy atom. The molecule has 0 saturated carbocycles. The van der Waals surface area contributed by atoms with Crippen molar-refractivity contribution >= 4 is 23.5 Å². The van der Waals surface area contributed by atoms with E-state index in [0.717, 1.165) is 0 Å². The van der Waals surface area contributed by atoms with Gasteiger partial charge >= 0.3 is 0 Å². The zero-order chi connectivity index (χ0) is 15.1. The van der Waals surface area contributed by atoms with Gasteiger partial charge in [-0.1, -0.05) is 0 Å². The van der Waals surface area contributed by atoms with Crippen molar-refractivity contribution in [3.63, 3.8) is 0 Å². The van der Waals surface area contributed by atoms with E-state index in [9.17, 15) is 0 Å². The van der Waals surface area contributed by atoms with Crippen LogP contribution in [0.3, 0.4) is 0 Å². The minimum absolute atomic E-state index is 0.0290. The third-order valence-electron chi connectivity index (χ3n) is 1.83. The topological polar surface area (TPSA) is 106 Å². The molecule has 0 heterocycles. The molecule has 0 aliphatic rings. The molecule has 0 aliphatic heterocycles. The van der Waals surface area contributed by atoms with E-state index in [4.69, 9.17) is 30.2 Å². The van der Waals surface area contributed by atoms with Crippen LogP contribution < -0.4 is 0 Å². The lowest BCUT2D eigenvalue weighted by atomic mass is 10.5. The highest BCUT2D eigenvalue weighted by molar-refractivity contribution is 8.07. The fraction of sp³-hybridized carbons (Fsp3) is 0.667. The SMILES string of the molecule is N#C/C(SCCOCCO)=C(\C#N)SCCOCCO. The van der Waals surface area contributed by atoms with Crippen LogP contribution in [0.2, 0.25) is 0 Å². The summed E-state index contributed by atoms with van der Waals surface area (Å²) in [7, 11) is 0. The van der Waals surface area contributed by atoms with Crippen LogP contribution in [0.1, 0.15) is 0 Å². The molecule has 0 aromatic carbocycles. The van der Waals surface area contributed by atoms with Gasteiger partial charge in [0.25, 0.3) is 0 Å². The number of allylic oxidation sites excluding steroid dienone is 2. The molecular formula is C12H18N2O4S2. The molecule has 0 aromatic rings. The molecule has 2 N–H and O–H groups in total. The third kappa shape index (κ3) is 10.1. The molecule has 0 saturated heterocycles. The number of aliphatic hydroxyl groups excluding tert-OH is 2. The van der Waals surface area contributed by atoms with E-state index in [1.54, 1.807) is 0 Å². The van der Waals surface area contributed by atoms with Gasteiger partial charge in [-0.05, 0) is 0 Å². The smallest absolute Gasteiger partial charge is 0.109 e. The summed E-state index contributed by atoms with van der Waals surface area (Å²) in [6, 6.07) is 4.02. The summed E-state index contributed by atoms with van der Waals surface area (Å²) in [4.78, 5) is 0.736. The van der Waals surface area contributed by atoms with Crippen LogP contribution in [0.15, 0.2) is 9.81 Å². The van der Waals surface area contributed by atoms with Crippen LogP contribution in [0.25, 0.3) is 0 Å². The Bertz CT molecular complexity index is 329. The second-order valence-electron chi connectivity index (χ2n) is 3.25. The lowest BCUT2D eigenvalue weighted by Gasteiger charge is -2.05. The summed E-state index contributed by atoms with van der Waals surface area (Å²) in [5.74, 6) is 1.10. The summed E-state index contributed by atoms with van der Waals surface area (Å²) in [5.41, 5.74) is 0. The molecule has 112 valence electrons. The van der Waals surface area contributed by atoms with Crippen molar-refractivity contribution < 1.29 is 19.7 Å². The van der Waals surface area contributed by atoms with Gasteiger partial charge in [-0.25, -0.2) is 0 Å². The monoisotopic (exact) mass is 318 g/mol. The molecule has 0 aromatic heterocycles. The van der Waals surface area contributed by atoms with Crippen molar-refractivity contribution in [3.8, 4) is 12.1 Å². The van der Waals surface area contributed by atoms with E-state index in [0.29, 0.717) is 34.5 Å². The van der Waals surface area contributed by atoms with E-state index in [1.165, 1.54) is 23.5 Å². The molecule has 6 nitrogen and oxygen atoms in total. The number of aliphatic hydroxyl groups is 2. The van der Waals surface area contributed by atoms with Crippen LogP contribution in [-0.2, 0) is 9.47 Å². The van der Waals surface area contributed by atoms with E-state index in [2.05, 4.69) is 0 Å². The highest BCUT2D eigenvalue weighted by atomic mass is 32.2. The van der Waals surface area contributed by atoms with Crippen molar-refractivity contribution in [2.75, 3.05) is 51.1 Å². The summed E-state index contributed by atoms with van der Waals surface area (Å²) in [6.07, 6.45) is 0. The largest absolute Gasteiger partial charge is 0.394 e. The minimum atomic E-state index is -0.0290. The molecule has 0 amide bonds. The Morgan fingerprint density at radius 1 is 0.800 bits per heavy atom. The Morgan fingerprint density at radius 2 is 1.20 bits per heavy atom. The first kappa shape index (κ1) is 19.3. The zero-order valence-corrected chi connectivity index (χ0v) is 12.7. The van der Waals surface area contributed by atoms with Crippen molar-refractivity contribution in [1.82, 2.24) is 0 Å². The van der Waals surface area contributed by atoms with Gasteiger partial charge in [-0.15, -0.1) is 23.5 Å². The number of thioether (sulfide) groups is 2. The highest BCUT2D eigenvalue weighted by Crippen LogP contribution is 2.26. The average molecular weight is 318 g/mol. The van der Waals surface area contributed by atoms with Crippen LogP contribution in [0.4, 0.5) is 0 Å². The number of hydrogen-bond acceptors (Lipinski definition) is 8. The molecular weight excluding hydrogens is 300 g/mol. The van der Waals surface area contributed by atoms with Gasteiger partial charge in [0, 0.05) is 11.5 Å². The van der Waals surface area contributed by atoms with Crippen molar-refractivity contribution in [1.29, 1.82) is 10.5 Å². The molecule has 0 spiro atoms. The Balaban J connectivity index is 4.09. The second kappa shape index (κ2) is 14.7. The third-order valence-corrected chi connectivity index (χ3v) is 3.87. The fourth-order valence-corrected chi connectivity index (χ4v) is 2.68. The number of rotatable bonds is 12. The Kier molecular flexibility index (Phi) is 14.1. The van der Waals surface area contributed by atoms with Crippen molar-refractivity contribution in [2.45, 2.75) is 0 Å². The van der Waals surface area contributed by atoms with Gasteiger partial charge in [0.05, 0.1) is 39.6 Å². The second-order valence-corrected chi connectivity index (χ2v) is 5.46. The van der Waals surface area contributed by atoms with Gasteiger partial charge in [0.15, 0.2) is 0 Å². The normalized spacial score (nSPS) is 11.6. The molecule has 0 bridgehead atoms. The first-order chi connectivity index (χ1) is 9.79. The summed E-state index contributed by atoms with van der Waals surface area (Å²) in [6.45, 7) is 1.32. The van der Waals surface area contributed by atoms with Crippen LogP contribution >= 0.6 is 23.5 Å². The van der Waals surface area contributed by atoms with Crippen LogP contribution in [0, 0.1) is 22.7 Å². The van der Waals surface area contributed by atoms with Gasteiger partial charge in [-0.2, -0.15) is 10.5 Å². The van der Waals surface area contributed by atoms with Crippen molar-refractivity contribution in [3.05, 3.63) is 9.81 Å². The molecule has 0 fully saturated rings. The zero-order valence-electron chi connectivity index (χ0n) is 11.1. The van der Waals surface area contributed by atoms with Crippen molar-refractivity contribution in [2.24, 2.45) is 0 Å². The molecule has 0 radical (unpaired) electrons.